The number of carbonyl (C=O) groups is 1. The van der Waals surface area contributed by atoms with E-state index < -0.39 is 17.4 Å². The number of hydrogen-bond donors (Lipinski definition) is 1. The first-order valence-corrected chi connectivity index (χ1v) is 11.4. The Labute approximate surface area is 189 Å². The van der Waals surface area contributed by atoms with E-state index in [1.165, 1.54) is 11.5 Å². The predicted octanol–water partition coefficient (Wildman–Crippen LogP) is 5.32. The van der Waals surface area contributed by atoms with Crippen molar-refractivity contribution in [2.75, 3.05) is 0 Å². The van der Waals surface area contributed by atoms with E-state index in [1.54, 1.807) is 6.92 Å². The maximum atomic E-state index is 13.5. The van der Waals surface area contributed by atoms with Crippen molar-refractivity contribution in [2.24, 2.45) is 0 Å². The fraction of sp³-hybridized carbons (Fsp3) is 0.500. The van der Waals surface area contributed by atoms with Gasteiger partial charge < -0.3 is 9.84 Å². The number of Topliss-reactive ketones (excluding diaryl/α,β-unsaturated/α-hetero) is 1. The summed E-state index contributed by atoms with van der Waals surface area (Å²) in [6.45, 7) is 9.24. The molecule has 1 aliphatic rings. The molecule has 1 aromatic carbocycles. The third-order valence-electron chi connectivity index (χ3n) is 6.40. The summed E-state index contributed by atoms with van der Waals surface area (Å²) in [7, 11) is 0. The lowest BCUT2D eigenvalue weighted by Crippen LogP contribution is -2.33. The van der Waals surface area contributed by atoms with Crippen molar-refractivity contribution < 1.29 is 14.6 Å². The van der Waals surface area contributed by atoms with Gasteiger partial charge in [0.2, 0.25) is 11.7 Å². The Kier molecular flexibility index (Phi) is 7.08. The maximum Gasteiger partial charge on any atom is 0.271 e. The van der Waals surface area contributed by atoms with Crippen molar-refractivity contribution in [1.82, 2.24) is 4.57 Å². The molecule has 2 aromatic rings. The first kappa shape index (κ1) is 23.6. The molecule has 0 bridgehead atoms. The second-order valence-corrected chi connectivity index (χ2v) is 9.10. The van der Waals surface area contributed by atoms with E-state index in [0.29, 0.717) is 5.75 Å². The molecule has 170 valence electrons. The summed E-state index contributed by atoms with van der Waals surface area (Å²) < 4.78 is 7.33. The molecule has 1 aliphatic carbocycles. The molecule has 0 amide bonds. The number of rotatable bonds is 6. The van der Waals surface area contributed by atoms with Gasteiger partial charge in [-0.25, -0.2) is 0 Å². The van der Waals surface area contributed by atoms with Crippen molar-refractivity contribution in [1.29, 1.82) is 5.26 Å². The number of ketones is 1. The largest absolute Gasteiger partial charge is 0.494 e. The number of aryl methyl sites for hydroxylation is 1. The minimum absolute atomic E-state index is 0.00188. The summed E-state index contributed by atoms with van der Waals surface area (Å²) in [4.78, 5) is 26.4. The maximum absolute atomic E-state index is 13.5. The van der Waals surface area contributed by atoms with Gasteiger partial charge in [-0.1, -0.05) is 45.2 Å². The molecular weight excluding hydrogens is 404 g/mol. The van der Waals surface area contributed by atoms with Crippen molar-refractivity contribution in [2.45, 2.75) is 84.8 Å². The van der Waals surface area contributed by atoms with Crippen LogP contribution in [-0.4, -0.2) is 21.6 Å². The Bertz CT molecular complexity index is 1120. The minimum atomic E-state index is -0.900. The van der Waals surface area contributed by atoms with Gasteiger partial charge >= 0.3 is 0 Å². The number of aromatic hydroxyl groups is 1. The van der Waals surface area contributed by atoms with Crippen LogP contribution in [-0.2, 0) is 0 Å². The molecular formula is C26H32N2O4. The fourth-order valence-electron chi connectivity index (χ4n) is 4.56. The van der Waals surface area contributed by atoms with E-state index in [2.05, 4.69) is 13.8 Å². The molecule has 1 N–H and O–H groups in total. The predicted molar refractivity (Wildman–Crippen MR) is 124 cm³/mol. The Hall–Kier alpha value is -3.07. The van der Waals surface area contributed by atoms with Crippen LogP contribution in [0, 0.1) is 25.2 Å². The molecule has 1 fully saturated rings. The molecule has 6 nitrogen and oxygen atoms in total. The van der Waals surface area contributed by atoms with Crippen molar-refractivity contribution >= 4 is 5.78 Å². The van der Waals surface area contributed by atoms with Crippen LogP contribution in [0.5, 0.6) is 11.6 Å². The average Bonchev–Trinajstić information content (AvgIpc) is 2.74. The molecule has 0 aliphatic heterocycles. The van der Waals surface area contributed by atoms with Crippen LogP contribution in [0.2, 0.25) is 0 Å². The Morgan fingerprint density at radius 1 is 1.19 bits per heavy atom. The lowest BCUT2D eigenvalue weighted by molar-refractivity contribution is 0.0810. The highest BCUT2D eigenvalue weighted by Crippen LogP contribution is 2.34. The number of nitriles is 1. The fourth-order valence-corrected chi connectivity index (χ4v) is 4.56. The van der Waals surface area contributed by atoms with Crippen LogP contribution < -0.4 is 10.3 Å². The number of benzene rings is 1. The highest BCUT2D eigenvalue weighted by Gasteiger charge is 2.31. The SMILES string of the molecule is Cc1ccc(C(C)C)c(OC(C)C(=O)c2c(C)c(C#N)c(=O)n(C3CCCCC3)c2O)c1. The Morgan fingerprint density at radius 3 is 2.44 bits per heavy atom. The Morgan fingerprint density at radius 2 is 1.84 bits per heavy atom. The number of ether oxygens (including phenoxy) is 1. The molecule has 32 heavy (non-hydrogen) atoms. The lowest BCUT2D eigenvalue weighted by Gasteiger charge is -2.27. The standard InChI is InChI=1S/C26H32N2O4/c1-15(2)20-12-11-16(3)13-22(20)32-18(5)24(29)23-17(4)21(14-27)25(30)28(26(23)31)19-9-7-6-8-10-19/h11-13,15,18-19,31H,6-10H2,1-5H3. The van der Waals surface area contributed by atoms with Gasteiger partial charge in [0.15, 0.2) is 6.10 Å². The van der Waals surface area contributed by atoms with Gasteiger partial charge in [0.25, 0.3) is 5.56 Å². The van der Waals surface area contributed by atoms with E-state index in [-0.39, 0.29) is 34.5 Å². The van der Waals surface area contributed by atoms with E-state index in [0.717, 1.165) is 43.2 Å². The minimum Gasteiger partial charge on any atom is -0.494 e. The van der Waals surface area contributed by atoms with Crippen molar-refractivity contribution in [3.05, 3.63) is 56.4 Å². The van der Waals surface area contributed by atoms with E-state index in [9.17, 15) is 20.0 Å². The van der Waals surface area contributed by atoms with Gasteiger partial charge in [0, 0.05) is 6.04 Å². The molecule has 1 heterocycles. The van der Waals surface area contributed by atoms with Gasteiger partial charge in [0.1, 0.15) is 17.4 Å². The summed E-state index contributed by atoms with van der Waals surface area (Å²) in [6.07, 6.45) is 3.54. The second kappa shape index (κ2) is 9.60. The third kappa shape index (κ3) is 4.43. The summed E-state index contributed by atoms with van der Waals surface area (Å²) in [5.74, 6) is 0.0324. The first-order chi connectivity index (χ1) is 15.2. The van der Waals surface area contributed by atoms with Crippen LogP contribution in [0.1, 0.15) is 97.4 Å². The summed E-state index contributed by atoms with van der Waals surface area (Å²) >= 11 is 0. The number of pyridine rings is 1. The average molecular weight is 437 g/mol. The molecule has 0 spiro atoms. The molecule has 1 saturated carbocycles. The monoisotopic (exact) mass is 436 g/mol. The van der Waals surface area contributed by atoms with Crippen LogP contribution >= 0.6 is 0 Å². The molecule has 0 radical (unpaired) electrons. The summed E-state index contributed by atoms with van der Waals surface area (Å²) in [5, 5.41) is 20.7. The zero-order valence-electron chi connectivity index (χ0n) is 19.6. The first-order valence-electron chi connectivity index (χ1n) is 11.4. The van der Waals surface area contributed by atoms with Crippen LogP contribution in [0.4, 0.5) is 0 Å². The summed E-state index contributed by atoms with van der Waals surface area (Å²) in [5.41, 5.74) is 1.58. The zero-order valence-corrected chi connectivity index (χ0v) is 19.6. The normalized spacial score (nSPS) is 15.4. The van der Waals surface area contributed by atoms with E-state index >= 15 is 0 Å². The molecule has 1 unspecified atom stereocenters. The zero-order chi connectivity index (χ0) is 23.6. The highest BCUT2D eigenvalue weighted by atomic mass is 16.5. The van der Waals surface area contributed by atoms with Gasteiger partial charge in [0.05, 0.1) is 5.56 Å². The topological polar surface area (TPSA) is 92.3 Å². The summed E-state index contributed by atoms with van der Waals surface area (Å²) in [6, 6.07) is 7.63. The Balaban J connectivity index is 2.05. The van der Waals surface area contributed by atoms with Crippen molar-refractivity contribution in [3.63, 3.8) is 0 Å². The third-order valence-corrected chi connectivity index (χ3v) is 6.40. The van der Waals surface area contributed by atoms with Gasteiger partial charge in [-0.3, -0.25) is 14.2 Å². The molecule has 1 aromatic heterocycles. The van der Waals surface area contributed by atoms with Gasteiger partial charge in [-0.15, -0.1) is 0 Å². The molecule has 1 atom stereocenters. The number of nitrogens with zero attached hydrogens (tertiary/aromatic N) is 2. The van der Waals surface area contributed by atoms with Crippen LogP contribution in [0.15, 0.2) is 23.0 Å². The molecule has 3 rings (SSSR count). The van der Waals surface area contributed by atoms with E-state index in [1.807, 2.05) is 31.2 Å². The number of carbonyl (C=O) groups excluding carboxylic acids is 1. The molecule has 0 saturated heterocycles. The number of hydrogen-bond acceptors (Lipinski definition) is 5. The smallest absolute Gasteiger partial charge is 0.271 e. The highest BCUT2D eigenvalue weighted by molar-refractivity contribution is 6.03. The van der Waals surface area contributed by atoms with Crippen LogP contribution in [0.3, 0.4) is 0 Å². The quantitative estimate of drug-likeness (QED) is 0.619. The second-order valence-electron chi connectivity index (χ2n) is 9.10. The van der Waals surface area contributed by atoms with Gasteiger partial charge in [-0.2, -0.15) is 5.26 Å². The lowest BCUT2D eigenvalue weighted by atomic mass is 9.93. The molecule has 6 heteroatoms. The van der Waals surface area contributed by atoms with E-state index in [4.69, 9.17) is 4.74 Å². The van der Waals surface area contributed by atoms with Crippen molar-refractivity contribution in [3.8, 4) is 17.7 Å². The van der Waals surface area contributed by atoms with Gasteiger partial charge in [-0.05, 0) is 62.3 Å². The number of aromatic nitrogens is 1. The van der Waals surface area contributed by atoms with Crippen LogP contribution in [0.25, 0.3) is 0 Å².